The molecule has 1 aromatic rings. The number of allylic oxidation sites excluding steroid dienone is 3. The molecule has 30 heavy (non-hydrogen) atoms. The number of H-pyrrole nitrogens is 1. The number of aromatic amines is 1. The van der Waals surface area contributed by atoms with Crippen LogP contribution < -0.4 is 16.0 Å². The quantitative estimate of drug-likeness (QED) is 0.646. The van der Waals surface area contributed by atoms with Gasteiger partial charge in [0.15, 0.2) is 0 Å². The van der Waals surface area contributed by atoms with Crippen molar-refractivity contribution in [2.45, 2.75) is 38.9 Å². The third-order valence-electron chi connectivity index (χ3n) is 4.32. The second-order valence-electron chi connectivity index (χ2n) is 6.66. The van der Waals surface area contributed by atoms with Gasteiger partial charge in [-0.1, -0.05) is 0 Å². The summed E-state index contributed by atoms with van der Waals surface area (Å²) >= 11 is 0. The average molecular weight is 454 g/mol. The molecule has 166 valence electrons. The molecule has 2 N–H and O–H groups in total. The molecule has 0 spiro atoms. The van der Waals surface area contributed by atoms with Crippen LogP contribution in [0.3, 0.4) is 0 Å². The van der Waals surface area contributed by atoms with Crippen LogP contribution in [0.15, 0.2) is 33.1 Å². The Hall–Kier alpha value is -2.74. The normalized spacial score (nSPS) is 15.6. The molecule has 0 unspecified atom stereocenters. The van der Waals surface area contributed by atoms with Crippen LogP contribution in [0.25, 0.3) is 5.70 Å². The molecule has 1 aromatic heterocycles. The topological polar surface area (TPSA) is 121 Å². The van der Waals surface area contributed by atoms with Crippen LogP contribution in [0, 0.1) is 0 Å². The Bertz CT molecular complexity index is 1110. The van der Waals surface area contributed by atoms with Crippen molar-refractivity contribution < 1.29 is 30.8 Å². The van der Waals surface area contributed by atoms with Crippen LogP contribution in [-0.4, -0.2) is 41.3 Å². The number of aromatic nitrogens is 2. The van der Waals surface area contributed by atoms with Crippen LogP contribution in [0.2, 0.25) is 0 Å². The van der Waals surface area contributed by atoms with Gasteiger partial charge >= 0.3 is 22.1 Å². The lowest BCUT2D eigenvalue weighted by atomic mass is 10.0. The maximum atomic E-state index is 13.8. The molecule has 1 aliphatic carbocycles. The van der Waals surface area contributed by atoms with Crippen LogP contribution in [0.1, 0.15) is 32.4 Å². The number of carbonyl (C=O) groups is 1. The van der Waals surface area contributed by atoms with E-state index in [0.29, 0.717) is 0 Å². The van der Waals surface area contributed by atoms with Gasteiger partial charge in [0.05, 0.1) is 0 Å². The molecule has 9 nitrogen and oxygen atoms in total. The van der Waals surface area contributed by atoms with Crippen LogP contribution in [0.4, 0.5) is 17.6 Å². The van der Waals surface area contributed by atoms with Crippen molar-refractivity contribution in [2.24, 2.45) is 0 Å². The summed E-state index contributed by atoms with van der Waals surface area (Å²) in [5.74, 6) is -2.10. The Morgan fingerprint density at radius 3 is 2.40 bits per heavy atom. The average Bonchev–Trinajstić information content (AvgIpc) is 2.59. The third-order valence-corrected chi connectivity index (χ3v) is 5.95. The standard InChI is InChI=1S/C16H18F4N4O5S/c1-8(2)23(3)30(28,29)22-14(26)10-5-4-9(17)6-11(10)24-13(25)7-12(16(18,19)20)21-15(24)27/h4,7-8H,5-6H2,1-3H3,(H,21,27)(H,22,26). The maximum absolute atomic E-state index is 13.8. The van der Waals surface area contributed by atoms with Gasteiger partial charge < -0.3 is 4.98 Å². The molecule has 1 heterocycles. The summed E-state index contributed by atoms with van der Waals surface area (Å²) in [7, 11) is -3.11. The van der Waals surface area contributed by atoms with E-state index < -0.39 is 75.2 Å². The van der Waals surface area contributed by atoms with E-state index >= 15 is 0 Å². The van der Waals surface area contributed by atoms with Gasteiger partial charge in [0.25, 0.3) is 11.5 Å². The lowest BCUT2D eigenvalue weighted by Crippen LogP contribution is -2.45. The number of amides is 1. The van der Waals surface area contributed by atoms with Crippen molar-refractivity contribution in [3.8, 4) is 0 Å². The molecule has 1 aliphatic rings. The number of carbonyl (C=O) groups excluding carboxylic acids is 1. The molecule has 14 heteroatoms. The zero-order chi connectivity index (χ0) is 23.0. The zero-order valence-corrected chi connectivity index (χ0v) is 16.8. The number of hydrogen-bond donors (Lipinski definition) is 2. The summed E-state index contributed by atoms with van der Waals surface area (Å²) in [6, 6.07) is -0.434. The zero-order valence-electron chi connectivity index (χ0n) is 16.0. The molecule has 1 amide bonds. The number of nitrogens with one attached hydrogen (secondary N) is 2. The first-order valence-electron chi connectivity index (χ1n) is 8.45. The fourth-order valence-electron chi connectivity index (χ4n) is 2.54. The minimum Gasteiger partial charge on any atom is -0.303 e. The van der Waals surface area contributed by atoms with Crippen LogP contribution >= 0.6 is 0 Å². The molecule has 0 atom stereocenters. The van der Waals surface area contributed by atoms with E-state index in [-0.39, 0.29) is 10.6 Å². The SMILES string of the molecule is CC(C)N(C)S(=O)(=O)NC(=O)C1=C(n2c(=O)cc(C(F)(F)F)[nH]c2=O)CC(F)=CC1. The van der Waals surface area contributed by atoms with Crippen molar-refractivity contribution >= 4 is 21.8 Å². The van der Waals surface area contributed by atoms with Gasteiger partial charge in [0.2, 0.25) is 0 Å². The van der Waals surface area contributed by atoms with Crippen molar-refractivity contribution in [3.63, 3.8) is 0 Å². The summed E-state index contributed by atoms with van der Waals surface area (Å²) in [5.41, 5.74) is -5.64. The van der Waals surface area contributed by atoms with E-state index in [0.717, 1.165) is 10.4 Å². The van der Waals surface area contributed by atoms with Crippen molar-refractivity contribution in [1.29, 1.82) is 0 Å². The van der Waals surface area contributed by atoms with Crippen molar-refractivity contribution in [1.82, 2.24) is 18.6 Å². The van der Waals surface area contributed by atoms with Crippen LogP contribution in [0.5, 0.6) is 0 Å². The van der Waals surface area contributed by atoms with E-state index in [2.05, 4.69) is 0 Å². The second kappa shape index (κ2) is 8.18. The highest BCUT2D eigenvalue weighted by Crippen LogP contribution is 2.29. The molecule has 0 saturated heterocycles. The number of halogens is 4. The first kappa shape index (κ1) is 23.5. The van der Waals surface area contributed by atoms with E-state index in [1.807, 2.05) is 0 Å². The van der Waals surface area contributed by atoms with Gasteiger partial charge in [-0.05, 0) is 19.9 Å². The van der Waals surface area contributed by atoms with Crippen molar-refractivity contribution in [3.05, 3.63) is 50.1 Å². The lowest BCUT2D eigenvalue weighted by Gasteiger charge is -2.23. The fourth-order valence-corrected chi connectivity index (χ4v) is 3.60. The minimum atomic E-state index is -5.01. The number of alkyl halides is 3. The summed E-state index contributed by atoms with van der Waals surface area (Å²) in [5, 5.41) is 0. The third kappa shape index (κ3) is 4.87. The van der Waals surface area contributed by atoms with Gasteiger partial charge in [0.1, 0.15) is 11.5 Å². The highest BCUT2D eigenvalue weighted by Gasteiger charge is 2.34. The Labute approximate surface area is 167 Å². The Balaban J connectivity index is 2.59. The van der Waals surface area contributed by atoms with E-state index in [4.69, 9.17) is 0 Å². The monoisotopic (exact) mass is 454 g/mol. The summed E-state index contributed by atoms with van der Waals surface area (Å²) in [6.07, 6.45) is -5.34. The van der Waals surface area contributed by atoms with Crippen LogP contribution in [-0.2, 0) is 21.2 Å². The molecule has 0 aliphatic heterocycles. The molecule has 0 saturated carbocycles. The second-order valence-corrected chi connectivity index (χ2v) is 8.39. The van der Waals surface area contributed by atoms with Gasteiger partial charge in [-0.25, -0.2) is 18.5 Å². The van der Waals surface area contributed by atoms with Crippen molar-refractivity contribution in [2.75, 3.05) is 7.05 Å². The van der Waals surface area contributed by atoms with E-state index in [1.165, 1.54) is 25.9 Å². The predicted octanol–water partition coefficient (Wildman–Crippen LogP) is 1.11. The predicted molar refractivity (Wildman–Crippen MR) is 97.9 cm³/mol. The Morgan fingerprint density at radius 1 is 1.30 bits per heavy atom. The largest absolute Gasteiger partial charge is 0.431 e. The molecule has 0 bridgehead atoms. The summed E-state index contributed by atoms with van der Waals surface area (Å²) in [6.45, 7) is 3.07. The fraction of sp³-hybridized carbons (Fsp3) is 0.438. The first-order valence-corrected chi connectivity index (χ1v) is 9.89. The highest BCUT2D eigenvalue weighted by molar-refractivity contribution is 7.87. The van der Waals surface area contributed by atoms with E-state index in [1.54, 1.807) is 4.72 Å². The number of hydrogen-bond acceptors (Lipinski definition) is 5. The molecular weight excluding hydrogens is 436 g/mol. The maximum Gasteiger partial charge on any atom is 0.431 e. The Morgan fingerprint density at radius 2 is 1.90 bits per heavy atom. The molecule has 0 fully saturated rings. The van der Waals surface area contributed by atoms with Gasteiger partial charge in [-0.3, -0.25) is 9.59 Å². The summed E-state index contributed by atoms with van der Waals surface area (Å²) in [4.78, 5) is 38.3. The molecule has 2 rings (SSSR count). The lowest BCUT2D eigenvalue weighted by molar-refractivity contribution is -0.141. The number of rotatable bonds is 5. The molecular formula is C16H18F4N4O5S. The van der Waals surface area contributed by atoms with Gasteiger partial charge in [-0.15, -0.1) is 0 Å². The molecule has 0 radical (unpaired) electrons. The first-order chi connectivity index (χ1) is 13.6. The van der Waals surface area contributed by atoms with E-state index in [9.17, 15) is 40.4 Å². The van der Waals surface area contributed by atoms with Gasteiger partial charge in [0, 0.05) is 43.3 Å². The smallest absolute Gasteiger partial charge is 0.303 e. The summed E-state index contributed by atoms with van der Waals surface area (Å²) < 4.78 is 79.4. The molecule has 0 aromatic carbocycles. The number of nitrogens with zero attached hydrogens (tertiary/aromatic N) is 2. The Kier molecular flexibility index (Phi) is 6.42. The highest BCUT2D eigenvalue weighted by atomic mass is 32.2. The van der Waals surface area contributed by atoms with Gasteiger partial charge in [-0.2, -0.15) is 25.9 Å². The minimum absolute atomic E-state index is 0.0867.